The van der Waals surface area contributed by atoms with E-state index in [1.807, 2.05) is 30.3 Å². The topological polar surface area (TPSA) is 140 Å². The predicted octanol–water partition coefficient (Wildman–Crippen LogP) is 4.63. The number of ether oxygens (including phenoxy) is 2. The molecular formula is C31H35N3O7. The predicted molar refractivity (Wildman–Crippen MR) is 155 cm³/mol. The van der Waals surface area contributed by atoms with Crippen LogP contribution in [0, 0.1) is 0 Å². The Labute approximate surface area is 238 Å². The molecule has 3 aromatic rings. The number of carbonyl (C=O) groups excluding carboxylic acids is 5. The molecule has 0 radical (unpaired) electrons. The van der Waals surface area contributed by atoms with E-state index in [9.17, 15) is 24.0 Å². The Hall–Kier alpha value is -4.73. The zero-order chi connectivity index (χ0) is 30.0. The summed E-state index contributed by atoms with van der Waals surface area (Å²) in [6, 6.07) is 17.9. The maximum Gasteiger partial charge on any atom is 0.407 e. The molecule has 0 bridgehead atoms. The van der Waals surface area contributed by atoms with Crippen LogP contribution in [0.1, 0.15) is 60.7 Å². The van der Waals surface area contributed by atoms with Crippen LogP contribution in [0.5, 0.6) is 0 Å². The van der Waals surface area contributed by atoms with Gasteiger partial charge in [-0.05, 0) is 75.1 Å². The normalized spacial score (nSPS) is 11.7. The van der Waals surface area contributed by atoms with Gasteiger partial charge >= 0.3 is 12.1 Å². The molecule has 0 spiro atoms. The molecule has 3 rings (SSSR count). The summed E-state index contributed by atoms with van der Waals surface area (Å²) < 4.78 is 9.97. The van der Waals surface area contributed by atoms with Gasteiger partial charge in [-0.1, -0.05) is 42.5 Å². The van der Waals surface area contributed by atoms with Crippen LogP contribution in [0.3, 0.4) is 0 Å². The molecule has 3 aromatic carbocycles. The highest BCUT2D eigenvalue weighted by molar-refractivity contribution is 6.44. The van der Waals surface area contributed by atoms with Crippen LogP contribution in [0.4, 0.5) is 10.5 Å². The van der Waals surface area contributed by atoms with Gasteiger partial charge in [-0.15, -0.1) is 0 Å². The van der Waals surface area contributed by atoms with Gasteiger partial charge in [0, 0.05) is 12.1 Å². The summed E-state index contributed by atoms with van der Waals surface area (Å²) in [5.41, 5.74) is -0.0883. The number of carbonyl (C=O) groups is 5. The number of unbranched alkanes of at least 4 members (excludes halogenated alkanes) is 1. The number of hydrogen-bond acceptors (Lipinski definition) is 7. The van der Waals surface area contributed by atoms with Crippen molar-refractivity contribution < 1.29 is 33.4 Å². The van der Waals surface area contributed by atoms with Crippen molar-refractivity contribution in [2.24, 2.45) is 0 Å². The van der Waals surface area contributed by atoms with Crippen LogP contribution in [-0.2, 0) is 19.1 Å². The number of nitrogens with one attached hydrogen (secondary N) is 3. The summed E-state index contributed by atoms with van der Waals surface area (Å²) in [5.74, 6) is -3.08. The van der Waals surface area contributed by atoms with E-state index in [-0.39, 0.29) is 17.7 Å². The maximum atomic E-state index is 13.1. The number of esters is 1. The van der Waals surface area contributed by atoms with Crippen molar-refractivity contribution in [2.75, 3.05) is 19.0 Å². The lowest BCUT2D eigenvalue weighted by atomic mass is 10.0. The summed E-state index contributed by atoms with van der Waals surface area (Å²) in [7, 11) is 1.19. The summed E-state index contributed by atoms with van der Waals surface area (Å²) in [6.07, 6.45) is 0.581. The van der Waals surface area contributed by atoms with E-state index in [0.717, 1.165) is 10.8 Å². The van der Waals surface area contributed by atoms with E-state index in [4.69, 9.17) is 9.47 Å². The average molecular weight is 562 g/mol. The number of ketones is 1. The zero-order valence-corrected chi connectivity index (χ0v) is 23.6. The third kappa shape index (κ3) is 9.16. The minimum atomic E-state index is -1.07. The second-order valence-corrected chi connectivity index (χ2v) is 10.4. The molecular weight excluding hydrogens is 526 g/mol. The van der Waals surface area contributed by atoms with Gasteiger partial charge in [0.1, 0.15) is 11.6 Å². The Bertz CT molecular complexity index is 1430. The monoisotopic (exact) mass is 561 g/mol. The van der Waals surface area contributed by atoms with Crippen LogP contribution in [-0.4, -0.2) is 55.0 Å². The number of para-hydroxylation sites is 1. The standard InChI is InChI=1S/C31H35N3O7/c1-31(2,3)41-30(39)32-18-10-9-15-25(29(38)40-4)34-28(37)26(35)23-13-7-8-14-24(23)33-27(36)22-17-16-20-11-5-6-12-21(20)19-22/h5-8,11-14,16-17,19,25H,9-10,15,18H2,1-4H3,(H,32,39)(H,33,36)(H,34,37)/t25-/m0/s1. The lowest BCUT2D eigenvalue weighted by Crippen LogP contribution is -2.44. The van der Waals surface area contributed by atoms with Crippen molar-refractivity contribution in [3.05, 3.63) is 77.9 Å². The Balaban J connectivity index is 1.61. The molecule has 3 N–H and O–H groups in total. The SMILES string of the molecule is COC(=O)[C@H](CCCCNC(=O)OC(C)(C)C)NC(=O)C(=O)c1ccccc1NC(=O)c1ccc2ccccc2c1. The van der Waals surface area contributed by atoms with Gasteiger partial charge in [-0.25, -0.2) is 9.59 Å². The fourth-order valence-electron chi connectivity index (χ4n) is 4.03. The number of hydrogen-bond donors (Lipinski definition) is 3. The van der Waals surface area contributed by atoms with Gasteiger partial charge in [-0.3, -0.25) is 14.4 Å². The van der Waals surface area contributed by atoms with Crippen molar-refractivity contribution in [3.8, 4) is 0 Å². The number of fused-ring (bicyclic) bond motifs is 1. The number of rotatable bonds is 11. The van der Waals surface area contributed by atoms with Crippen LogP contribution in [0.2, 0.25) is 0 Å². The Morgan fingerprint density at radius 2 is 1.54 bits per heavy atom. The fraction of sp³-hybridized carbons (Fsp3) is 0.323. The minimum Gasteiger partial charge on any atom is -0.467 e. The van der Waals surface area contributed by atoms with Gasteiger partial charge in [0.25, 0.3) is 17.6 Å². The molecule has 3 amide bonds. The average Bonchev–Trinajstić information content (AvgIpc) is 2.94. The molecule has 0 unspecified atom stereocenters. The van der Waals surface area contributed by atoms with Crippen molar-refractivity contribution >= 4 is 46.1 Å². The fourth-order valence-corrected chi connectivity index (χ4v) is 4.03. The lowest BCUT2D eigenvalue weighted by Gasteiger charge is -2.20. The van der Waals surface area contributed by atoms with Crippen molar-refractivity contribution in [1.82, 2.24) is 10.6 Å². The van der Waals surface area contributed by atoms with E-state index in [1.165, 1.54) is 19.2 Å². The number of methoxy groups -OCH3 is 1. The van der Waals surface area contributed by atoms with Gasteiger partial charge in [-0.2, -0.15) is 0 Å². The van der Waals surface area contributed by atoms with Gasteiger partial charge in [0.15, 0.2) is 0 Å². The molecule has 0 saturated carbocycles. The summed E-state index contributed by atoms with van der Waals surface area (Å²) >= 11 is 0. The van der Waals surface area contributed by atoms with E-state index < -0.39 is 41.3 Å². The first-order valence-corrected chi connectivity index (χ1v) is 13.3. The third-order valence-corrected chi connectivity index (χ3v) is 6.02. The van der Waals surface area contributed by atoms with Crippen LogP contribution in [0.25, 0.3) is 10.8 Å². The number of benzene rings is 3. The lowest BCUT2D eigenvalue weighted by molar-refractivity contribution is -0.144. The zero-order valence-electron chi connectivity index (χ0n) is 23.6. The van der Waals surface area contributed by atoms with Crippen molar-refractivity contribution in [2.45, 2.75) is 51.7 Å². The molecule has 10 heteroatoms. The first kappa shape index (κ1) is 30.8. The molecule has 216 valence electrons. The quantitative estimate of drug-likeness (QED) is 0.134. The van der Waals surface area contributed by atoms with Crippen molar-refractivity contribution in [1.29, 1.82) is 0 Å². The molecule has 0 aliphatic rings. The second-order valence-electron chi connectivity index (χ2n) is 10.4. The molecule has 0 aromatic heterocycles. The molecule has 0 fully saturated rings. The Morgan fingerprint density at radius 1 is 0.854 bits per heavy atom. The molecule has 0 aliphatic heterocycles. The third-order valence-electron chi connectivity index (χ3n) is 6.02. The maximum absolute atomic E-state index is 13.1. The number of Topliss-reactive ketones (excluding diaryl/α,β-unsaturated/α-hetero) is 1. The molecule has 0 saturated heterocycles. The number of alkyl carbamates (subject to hydrolysis) is 1. The van der Waals surface area contributed by atoms with Crippen LogP contribution >= 0.6 is 0 Å². The molecule has 0 aliphatic carbocycles. The molecule has 10 nitrogen and oxygen atoms in total. The minimum absolute atomic E-state index is 0.0238. The van der Waals surface area contributed by atoms with E-state index in [1.54, 1.807) is 45.0 Å². The number of anilines is 1. The molecule has 0 heterocycles. The molecule has 41 heavy (non-hydrogen) atoms. The Morgan fingerprint density at radius 3 is 2.24 bits per heavy atom. The van der Waals surface area contributed by atoms with Crippen LogP contribution in [0.15, 0.2) is 66.7 Å². The highest BCUT2D eigenvalue weighted by Gasteiger charge is 2.27. The van der Waals surface area contributed by atoms with Gasteiger partial charge in [0.05, 0.1) is 18.4 Å². The van der Waals surface area contributed by atoms with Crippen molar-refractivity contribution in [3.63, 3.8) is 0 Å². The van der Waals surface area contributed by atoms with Gasteiger partial charge < -0.3 is 25.4 Å². The van der Waals surface area contributed by atoms with Gasteiger partial charge in [0.2, 0.25) is 0 Å². The number of amides is 3. The first-order chi connectivity index (χ1) is 19.5. The summed E-state index contributed by atoms with van der Waals surface area (Å²) in [6.45, 7) is 5.58. The van der Waals surface area contributed by atoms with E-state index >= 15 is 0 Å². The summed E-state index contributed by atoms with van der Waals surface area (Å²) in [5, 5.41) is 9.65. The first-order valence-electron chi connectivity index (χ1n) is 13.3. The largest absolute Gasteiger partial charge is 0.467 e. The van der Waals surface area contributed by atoms with Crippen LogP contribution < -0.4 is 16.0 Å². The Kier molecular flexibility index (Phi) is 10.6. The smallest absolute Gasteiger partial charge is 0.407 e. The van der Waals surface area contributed by atoms with E-state index in [2.05, 4.69) is 16.0 Å². The second kappa shape index (κ2) is 14.1. The van der Waals surface area contributed by atoms with E-state index in [0.29, 0.717) is 24.9 Å². The summed E-state index contributed by atoms with van der Waals surface area (Å²) in [4.78, 5) is 63.0. The highest BCUT2D eigenvalue weighted by Crippen LogP contribution is 2.20. The highest BCUT2D eigenvalue weighted by atomic mass is 16.6. The molecule has 1 atom stereocenters.